The Morgan fingerprint density at radius 1 is 0.962 bits per heavy atom. The number of hydrogen-bond donors (Lipinski definition) is 1. The van der Waals surface area contributed by atoms with Crippen molar-refractivity contribution in [1.82, 2.24) is 4.90 Å². The third-order valence-corrected chi connectivity index (χ3v) is 5.92. The van der Waals surface area contributed by atoms with Crippen molar-refractivity contribution < 1.29 is 14.3 Å². The molecule has 1 heterocycles. The predicted octanol–water partition coefficient (Wildman–Crippen LogP) is 3.25. The molecule has 2 aromatic rings. The van der Waals surface area contributed by atoms with Gasteiger partial charge in [-0.2, -0.15) is 0 Å². The molecule has 3 nitrogen and oxygen atoms in total. The lowest BCUT2D eigenvalue weighted by atomic mass is 9.83. The van der Waals surface area contributed by atoms with Crippen LogP contribution in [-0.2, 0) is 12.8 Å². The van der Waals surface area contributed by atoms with Gasteiger partial charge >= 0.3 is 0 Å². The number of fused-ring (bicyclic) bond motifs is 1. The molecule has 0 amide bonds. The summed E-state index contributed by atoms with van der Waals surface area (Å²) in [6.45, 7) is 1.64. The van der Waals surface area contributed by atoms with Crippen LogP contribution < -0.4 is 0 Å². The maximum absolute atomic E-state index is 13.1. The molecule has 0 spiro atoms. The smallest absolute Gasteiger partial charge is 0.166 e. The Kier molecular flexibility index (Phi) is 4.88. The Labute approximate surface area is 153 Å². The van der Waals surface area contributed by atoms with Crippen molar-refractivity contribution in [3.8, 4) is 0 Å². The third kappa shape index (κ3) is 3.44. The number of nitrogens with zero attached hydrogens (tertiary/aromatic N) is 1. The van der Waals surface area contributed by atoms with Gasteiger partial charge < -0.3 is 5.11 Å². The first-order valence-corrected chi connectivity index (χ1v) is 9.40. The van der Waals surface area contributed by atoms with Crippen LogP contribution in [0.15, 0.2) is 48.5 Å². The molecular weight excluding hydrogens is 328 g/mol. The molecule has 26 heavy (non-hydrogen) atoms. The van der Waals surface area contributed by atoms with Crippen molar-refractivity contribution in [1.29, 1.82) is 0 Å². The van der Waals surface area contributed by atoms with E-state index in [0.29, 0.717) is 12.0 Å². The van der Waals surface area contributed by atoms with Gasteiger partial charge in [-0.05, 0) is 67.7 Å². The topological polar surface area (TPSA) is 40.5 Å². The molecule has 2 aliphatic rings. The highest BCUT2D eigenvalue weighted by molar-refractivity contribution is 5.97. The molecule has 2 atom stereocenters. The third-order valence-electron chi connectivity index (χ3n) is 5.92. The van der Waals surface area contributed by atoms with Gasteiger partial charge in [0.15, 0.2) is 5.78 Å². The number of carbonyl (C=O) groups is 1. The van der Waals surface area contributed by atoms with E-state index in [1.807, 2.05) is 6.07 Å². The van der Waals surface area contributed by atoms with Crippen molar-refractivity contribution in [3.63, 3.8) is 0 Å². The normalized spacial score (nSPS) is 24.2. The zero-order valence-electron chi connectivity index (χ0n) is 14.8. The summed E-state index contributed by atoms with van der Waals surface area (Å²) >= 11 is 0. The van der Waals surface area contributed by atoms with Crippen molar-refractivity contribution in [2.75, 3.05) is 13.1 Å². The Balaban J connectivity index is 1.39. The van der Waals surface area contributed by atoms with E-state index in [1.165, 1.54) is 23.3 Å². The molecule has 4 heteroatoms. The molecule has 1 aliphatic carbocycles. The summed E-state index contributed by atoms with van der Waals surface area (Å²) in [5, 5.41) is 10.6. The summed E-state index contributed by atoms with van der Waals surface area (Å²) in [7, 11) is 0. The van der Waals surface area contributed by atoms with Crippen LogP contribution in [0.3, 0.4) is 0 Å². The molecule has 4 rings (SSSR count). The summed E-state index contributed by atoms with van der Waals surface area (Å²) < 4.78 is 13.1. The van der Waals surface area contributed by atoms with Crippen LogP contribution in [0, 0.1) is 11.7 Å². The van der Waals surface area contributed by atoms with Gasteiger partial charge in [-0.3, -0.25) is 9.69 Å². The van der Waals surface area contributed by atoms with E-state index < -0.39 is 0 Å². The molecule has 0 saturated carbocycles. The van der Waals surface area contributed by atoms with Crippen LogP contribution in [0.5, 0.6) is 0 Å². The van der Waals surface area contributed by atoms with Crippen LogP contribution in [0.25, 0.3) is 0 Å². The van der Waals surface area contributed by atoms with Crippen molar-refractivity contribution in [2.45, 2.75) is 37.8 Å². The van der Waals surface area contributed by atoms with Crippen molar-refractivity contribution in [2.24, 2.45) is 5.92 Å². The first-order valence-electron chi connectivity index (χ1n) is 9.40. The first-order chi connectivity index (χ1) is 12.6. The summed E-state index contributed by atoms with van der Waals surface area (Å²) in [5.41, 5.74) is 3.17. The van der Waals surface area contributed by atoms with Gasteiger partial charge in [0.1, 0.15) is 5.82 Å². The van der Waals surface area contributed by atoms with Gasteiger partial charge in [0.25, 0.3) is 0 Å². The highest BCUT2D eigenvalue weighted by Crippen LogP contribution is 2.29. The molecule has 136 valence electrons. The monoisotopic (exact) mass is 352 g/mol. The van der Waals surface area contributed by atoms with Gasteiger partial charge in [0.2, 0.25) is 0 Å². The molecule has 1 fully saturated rings. The van der Waals surface area contributed by atoms with Gasteiger partial charge in [-0.15, -0.1) is 0 Å². The Morgan fingerprint density at radius 2 is 1.58 bits per heavy atom. The van der Waals surface area contributed by atoms with E-state index in [1.54, 1.807) is 12.1 Å². The number of piperidine rings is 1. The number of Topliss-reactive ketones (excluding diaryl/α,β-unsaturated/α-hetero) is 1. The summed E-state index contributed by atoms with van der Waals surface area (Å²) in [6, 6.07) is 14.3. The van der Waals surface area contributed by atoms with Crippen LogP contribution in [0.4, 0.5) is 4.39 Å². The maximum Gasteiger partial charge on any atom is 0.166 e. The molecule has 1 N–H and O–H groups in total. The summed E-state index contributed by atoms with van der Waals surface area (Å²) in [4.78, 5) is 15.0. The average Bonchev–Trinajstić information content (AvgIpc) is 2.68. The molecule has 0 radical (unpaired) electrons. The van der Waals surface area contributed by atoms with Gasteiger partial charge in [-0.1, -0.05) is 24.3 Å². The number of rotatable bonds is 3. The lowest BCUT2D eigenvalue weighted by Crippen LogP contribution is -2.51. The SMILES string of the molecule is O=C(c1ccc([18F])cc1)C1CCN(C2Cc3ccccc3CC2O)CC1. The van der Waals surface area contributed by atoms with E-state index in [2.05, 4.69) is 23.1 Å². The highest BCUT2D eigenvalue weighted by Gasteiger charge is 2.35. The lowest BCUT2D eigenvalue weighted by molar-refractivity contribution is 0.0239. The standard InChI is InChI=1S/C22H24FNO2/c23-19-7-5-15(6-8-19)22(26)16-9-11-24(12-10-16)20-13-17-3-1-2-4-18(17)14-21(20)25/h1-8,16,20-21,25H,9-14H2/i23-1. The quantitative estimate of drug-likeness (QED) is 0.862. The molecule has 0 aromatic heterocycles. The minimum absolute atomic E-state index is 0.00951. The van der Waals surface area contributed by atoms with Gasteiger partial charge in [-0.25, -0.2) is 4.39 Å². The predicted molar refractivity (Wildman–Crippen MR) is 98.7 cm³/mol. The van der Waals surface area contributed by atoms with Crippen molar-refractivity contribution in [3.05, 3.63) is 71.0 Å². The van der Waals surface area contributed by atoms with Crippen molar-refractivity contribution >= 4 is 5.78 Å². The molecular formula is C22H24FNO2. The molecule has 0 bridgehead atoms. The largest absolute Gasteiger partial charge is 0.391 e. The lowest BCUT2D eigenvalue weighted by Gasteiger charge is -2.41. The second kappa shape index (κ2) is 7.29. The minimum Gasteiger partial charge on any atom is -0.391 e. The second-order valence-corrected chi connectivity index (χ2v) is 7.49. The Hall–Kier alpha value is -2.04. The fourth-order valence-electron chi connectivity index (χ4n) is 4.39. The maximum atomic E-state index is 13.1. The minimum atomic E-state index is -0.353. The number of halogens is 1. The van der Waals surface area contributed by atoms with E-state index in [-0.39, 0.29) is 29.7 Å². The van der Waals surface area contributed by atoms with Gasteiger partial charge in [0.05, 0.1) is 6.10 Å². The molecule has 1 aliphatic heterocycles. The fourth-order valence-corrected chi connectivity index (χ4v) is 4.39. The average molecular weight is 352 g/mol. The summed E-state index contributed by atoms with van der Waals surface area (Å²) in [5.74, 6) is -0.216. The van der Waals surface area contributed by atoms with Gasteiger partial charge in [0, 0.05) is 23.9 Å². The Bertz CT molecular complexity index is 781. The van der Waals surface area contributed by atoms with E-state index in [0.717, 1.165) is 32.4 Å². The zero-order chi connectivity index (χ0) is 18.1. The number of aliphatic hydroxyl groups is 1. The summed E-state index contributed by atoms with van der Waals surface area (Å²) in [6.07, 6.45) is 2.81. The molecule has 2 unspecified atom stereocenters. The van der Waals surface area contributed by atoms with E-state index in [4.69, 9.17) is 0 Å². The van der Waals surface area contributed by atoms with Crippen LogP contribution in [-0.4, -0.2) is 41.0 Å². The Morgan fingerprint density at radius 3 is 2.23 bits per heavy atom. The number of aliphatic hydroxyl groups excluding tert-OH is 1. The number of carbonyl (C=O) groups excluding carboxylic acids is 1. The second-order valence-electron chi connectivity index (χ2n) is 7.49. The zero-order valence-corrected chi connectivity index (χ0v) is 14.8. The van der Waals surface area contributed by atoms with Crippen LogP contribution >= 0.6 is 0 Å². The van der Waals surface area contributed by atoms with E-state index in [9.17, 15) is 14.3 Å². The number of hydrogen-bond acceptors (Lipinski definition) is 3. The van der Waals surface area contributed by atoms with Crippen LogP contribution in [0.2, 0.25) is 0 Å². The number of ketones is 1. The molecule has 1 saturated heterocycles. The van der Waals surface area contributed by atoms with Crippen LogP contribution in [0.1, 0.15) is 34.3 Å². The fraction of sp³-hybridized carbons (Fsp3) is 0.409. The molecule has 2 aromatic carbocycles. The number of benzene rings is 2. The van der Waals surface area contributed by atoms with E-state index >= 15 is 0 Å². The first kappa shape index (κ1) is 17.4. The number of likely N-dealkylation sites (tertiary alicyclic amines) is 1. The highest BCUT2D eigenvalue weighted by atomic mass is 18.2.